The number of nitrogens with zero attached hydrogens (tertiary/aromatic N) is 10. The van der Waals surface area contributed by atoms with Crippen LogP contribution in [-0.2, 0) is 29.2 Å². The van der Waals surface area contributed by atoms with Gasteiger partial charge in [0.1, 0.15) is 0 Å². The molecule has 0 radical (unpaired) electrons. The molecule has 0 unspecified atom stereocenters. The molecule has 3 aliphatic heterocycles. The summed E-state index contributed by atoms with van der Waals surface area (Å²) in [5.74, 6) is 0.978. The molecule has 0 atom stereocenters. The summed E-state index contributed by atoms with van der Waals surface area (Å²) < 4.78 is 1.15. The van der Waals surface area contributed by atoms with Crippen LogP contribution in [0.5, 0.6) is 0 Å². The summed E-state index contributed by atoms with van der Waals surface area (Å²) in [4.78, 5) is 32.6. The van der Waals surface area contributed by atoms with Crippen molar-refractivity contribution < 1.29 is 14.7 Å². The minimum absolute atomic E-state index is 0.149. The number of aliphatic carboxylic acids is 1. The number of carbonyl (C=O) groups is 2. The Bertz CT molecular complexity index is 1270. The predicted octanol–water partition coefficient (Wildman–Crippen LogP) is 1.01. The molecule has 2 aromatic heterocycles. The summed E-state index contributed by atoms with van der Waals surface area (Å²) in [6.45, 7) is 9.18. The standard InChI is InChI=1S/C19H26BrN7O.C8H13N5O2/c20-17-4-2-1-3-16(17)13-26-9-11-27(12-10-26)19(28)15-5-7-25(8-6-15)14-18-21-23-24-22-18;14-8(15)6-1-3-13(4-2-6)5-7-9-11-12-10-7/h1-4,15H,5-14H2,(H,21,22,23,24);6H,1-5H2,(H,14,15)(H,9,10,11,12). The SMILES string of the molecule is O=C(C1CCN(Cc2nn[nH]n2)CC1)N1CCN(Cc2ccccc2Br)CC1.O=C(O)C1CCN(Cc2nn[nH]n2)CC1. The van der Waals surface area contributed by atoms with Crippen LogP contribution in [0.3, 0.4) is 0 Å². The summed E-state index contributed by atoms with van der Waals surface area (Å²) in [5.41, 5.74) is 1.30. The number of piperidine rings is 2. The van der Waals surface area contributed by atoms with Crippen LogP contribution < -0.4 is 0 Å². The van der Waals surface area contributed by atoms with Crippen molar-refractivity contribution in [1.29, 1.82) is 0 Å². The lowest BCUT2D eigenvalue weighted by molar-refractivity contribution is -0.143. The molecule has 3 aromatic rings. The molecule has 3 N–H and O–H groups in total. The normalized spacial score (nSPS) is 19.6. The van der Waals surface area contributed by atoms with Gasteiger partial charge in [-0.1, -0.05) is 44.6 Å². The van der Waals surface area contributed by atoms with E-state index in [-0.39, 0.29) is 11.8 Å². The molecule has 1 aromatic carbocycles. The number of nitrogens with one attached hydrogen (secondary N) is 2. The fraction of sp³-hybridized carbons (Fsp3) is 0.630. The Morgan fingerprint density at radius 2 is 1.26 bits per heavy atom. The number of hydrogen-bond donors (Lipinski definition) is 3. The van der Waals surface area contributed by atoms with Crippen molar-refractivity contribution in [2.24, 2.45) is 11.8 Å². The van der Waals surface area contributed by atoms with Crippen molar-refractivity contribution in [3.63, 3.8) is 0 Å². The Kier molecular flexibility index (Phi) is 11.1. The lowest BCUT2D eigenvalue weighted by atomic mass is 9.95. The van der Waals surface area contributed by atoms with Gasteiger partial charge in [-0.05, 0) is 63.5 Å². The van der Waals surface area contributed by atoms with Crippen molar-refractivity contribution in [3.05, 3.63) is 46.0 Å². The second kappa shape index (κ2) is 15.4. The molecule has 6 rings (SSSR count). The van der Waals surface area contributed by atoms with Gasteiger partial charge in [0.2, 0.25) is 5.91 Å². The van der Waals surface area contributed by atoms with Crippen LogP contribution in [0.4, 0.5) is 0 Å². The zero-order valence-electron chi connectivity index (χ0n) is 24.2. The molecule has 3 fully saturated rings. The highest BCUT2D eigenvalue weighted by molar-refractivity contribution is 9.10. The fourth-order valence-electron chi connectivity index (χ4n) is 5.83. The third-order valence-electron chi connectivity index (χ3n) is 8.42. The zero-order chi connectivity index (χ0) is 30.0. The van der Waals surface area contributed by atoms with Crippen molar-refractivity contribution in [2.45, 2.75) is 45.3 Å². The Hall–Kier alpha value is -3.34. The molecule has 3 aliphatic rings. The summed E-state index contributed by atoms with van der Waals surface area (Å²) in [5, 5.41) is 36.5. The van der Waals surface area contributed by atoms with E-state index < -0.39 is 5.97 Å². The fourth-order valence-corrected chi connectivity index (χ4v) is 6.24. The Balaban J connectivity index is 0.000000207. The van der Waals surface area contributed by atoms with Gasteiger partial charge >= 0.3 is 5.97 Å². The molecule has 232 valence electrons. The molecule has 43 heavy (non-hydrogen) atoms. The van der Waals surface area contributed by atoms with Gasteiger partial charge in [-0.2, -0.15) is 10.4 Å². The molecular formula is C27H39BrN12O3. The lowest BCUT2D eigenvalue weighted by Crippen LogP contribution is -2.51. The van der Waals surface area contributed by atoms with E-state index in [4.69, 9.17) is 5.11 Å². The minimum Gasteiger partial charge on any atom is -0.481 e. The minimum atomic E-state index is -0.686. The average Bonchev–Trinajstić information content (AvgIpc) is 3.74. The second-order valence-electron chi connectivity index (χ2n) is 11.3. The number of benzene rings is 1. The van der Waals surface area contributed by atoms with E-state index in [1.807, 2.05) is 6.07 Å². The highest BCUT2D eigenvalue weighted by atomic mass is 79.9. The number of halogens is 1. The first-order valence-corrected chi connectivity index (χ1v) is 15.6. The lowest BCUT2D eigenvalue weighted by Gasteiger charge is -2.38. The van der Waals surface area contributed by atoms with E-state index in [1.165, 1.54) is 5.56 Å². The van der Waals surface area contributed by atoms with E-state index >= 15 is 0 Å². The number of likely N-dealkylation sites (tertiary alicyclic amines) is 2. The Labute approximate surface area is 258 Å². The maximum absolute atomic E-state index is 12.9. The monoisotopic (exact) mass is 658 g/mol. The van der Waals surface area contributed by atoms with Crippen LogP contribution in [-0.4, -0.2) is 130 Å². The van der Waals surface area contributed by atoms with E-state index in [9.17, 15) is 9.59 Å². The van der Waals surface area contributed by atoms with E-state index in [1.54, 1.807) is 0 Å². The highest BCUT2D eigenvalue weighted by Crippen LogP contribution is 2.23. The summed E-state index contributed by atoms with van der Waals surface area (Å²) >= 11 is 3.63. The molecule has 16 heteroatoms. The summed E-state index contributed by atoms with van der Waals surface area (Å²) in [6.07, 6.45) is 3.22. The maximum Gasteiger partial charge on any atom is 0.306 e. The number of tetrazole rings is 2. The third-order valence-corrected chi connectivity index (χ3v) is 9.19. The first-order valence-electron chi connectivity index (χ1n) is 14.8. The van der Waals surface area contributed by atoms with Gasteiger partial charge in [-0.3, -0.25) is 24.3 Å². The number of aromatic nitrogens is 8. The van der Waals surface area contributed by atoms with Gasteiger partial charge in [-0.25, -0.2) is 0 Å². The molecule has 1 amide bonds. The number of piperazine rings is 1. The highest BCUT2D eigenvalue weighted by Gasteiger charge is 2.31. The number of carboxylic acid groups (broad SMARTS) is 1. The number of H-pyrrole nitrogens is 2. The van der Waals surface area contributed by atoms with Gasteiger partial charge in [0.05, 0.1) is 19.0 Å². The smallest absolute Gasteiger partial charge is 0.306 e. The first kappa shape index (κ1) is 31.1. The van der Waals surface area contributed by atoms with Gasteiger partial charge < -0.3 is 10.0 Å². The number of aromatic amines is 2. The quantitative estimate of drug-likeness (QED) is 0.314. The zero-order valence-corrected chi connectivity index (χ0v) is 25.8. The number of rotatable bonds is 8. The van der Waals surface area contributed by atoms with Crippen molar-refractivity contribution >= 4 is 27.8 Å². The second-order valence-corrected chi connectivity index (χ2v) is 12.1. The molecule has 0 saturated carbocycles. The molecular weight excluding hydrogens is 620 g/mol. The van der Waals surface area contributed by atoms with E-state index in [0.717, 1.165) is 76.2 Å². The number of carboxylic acids is 1. The van der Waals surface area contributed by atoms with Crippen LogP contribution in [0.15, 0.2) is 28.7 Å². The van der Waals surface area contributed by atoms with Gasteiger partial charge in [0, 0.05) is 43.1 Å². The first-order chi connectivity index (χ1) is 20.9. The molecule has 5 heterocycles. The van der Waals surface area contributed by atoms with Crippen LogP contribution in [0.25, 0.3) is 0 Å². The van der Waals surface area contributed by atoms with Gasteiger partial charge in [0.15, 0.2) is 11.6 Å². The van der Waals surface area contributed by atoms with E-state index in [2.05, 4.69) is 95.0 Å². The Morgan fingerprint density at radius 1 is 0.744 bits per heavy atom. The van der Waals surface area contributed by atoms with Crippen molar-refractivity contribution in [3.8, 4) is 0 Å². The van der Waals surface area contributed by atoms with Gasteiger partial charge in [0.25, 0.3) is 0 Å². The molecule has 15 nitrogen and oxygen atoms in total. The number of hydrogen-bond acceptors (Lipinski definition) is 11. The van der Waals surface area contributed by atoms with E-state index in [0.29, 0.717) is 43.5 Å². The van der Waals surface area contributed by atoms with Crippen molar-refractivity contribution in [1.82, 2.24) is 60.8 Å². The summed E-state index contributed by atoms with van der Waals surface area (Å²) in [6, 6.07) is 8.35. The van der Waals surface area contributed by atoms with Crippen LogP contribution in [0.1, 0.15) is 42.9 Å². The van der Waals surface area contributed by atoms with Crippen LogP contribution >= 0.6 is 15.9 Å². The molecule has 0 spiro atoms. The Morgan fingerprint density at radius 3 is 1.74 bits per heavy atom. The predicted molar refractivity (Wildman–Crippen MR) is 158 cm³/mol. The number of carbonyl (C=O) groups excluding carboxylic acids is 1. The van der Waals surface area contributed by atoms with Gasteiger partial charge in [-0.15, -0.1) is 20.4 Å². The summed E-state index contributed by atoms with van der Waals surface area (Å²) in [7, 11) is 0. The van der Waals surface area contributed by atoms with Crippen LogP contribution in [0, 0.1) is 11.8 Å². The molecule has 3 saturated heterocycles. The van der Waals surface area contributed by atoms with Crippen molar-refractivity contribution in [2.75, 3.05) is 52.4 Å². The maximum atomic E-state index is 12.9. The largest absolute Gasteiger partial charge is 0.481 e. The van der Waals surface area contributed by atoms with Crippen LogP contribution in [0.2, 0.25) is 0 Å². The average molecular weight is 660 g/mol. The topological polar surface area (TPSA) is 176 Å². The third kappa shape index (κ3) is 9.08. The molecule has 0 aliphatic carbocycles. The number of amides is 1. The molecule has 0 bridgehead atoms.